The first-order valence-electron chi connectivity index (χ1n) is 10.9. The van der Waals surface area contributed by atoms with Gasteiger partial charge in [-0.3, -0.25) is 0 Å². The van der Waals surface area contributed by atoms with Crippen molar-refractivity contribution in [1.82, 2.24) is 9.55 Å². The van der Waals surface area contributed by atoms with Crippen molar-refractivity contribution in [3.05, 3.63) is 54.4 Å². The second-order valence-electron chi connectivity index (χ2n) is 8.25. The van der Waals surface area contributed by atoms with Crippen LogP contribution in [0.1, 0.15) is 31.2 Å². The molecule has 0 bridgehead atoms. The number of aromatic amines is 1. The number of aromatic hydroxyl groups is 1. The molecule has 30 heavy (non-hydrogen) atoms. The number of ether oxygens (including phenoxy) is 1. The monoisotopic (exact) mass is 403 g/mol. The lowest BCUT2D eigenvalue weighted by Crippen LogP contribution is -2.29. The molecule has 4 aromatic rings. The van der Waals surface area contributed by atoms with Gasteiger partial charge < -0.3 is 24.3 Å². The highest BCUT2D eigenvalue weighted by Gasteiger charge is 2.18. The maximum Gasteiger partial charge on any atom is 0.139 e. The minimum atomic E-state index is 0.398. The van der Waals surface area contributed by atoms with E-state index >= 15 is 0 Å². The first-order valence-corrected chi connectivity index (χ1v) is 10.9. The standard InChI is InChI=1S/C25H29N3O2/c1-30-19-7-8-22-21(16-19)18(17-26-22)6-5-14-27-15-11-20-23(27)9-10-24(29)25(20)28-12-3-2-4-13-28/h7-11,15-17,26,29H,2-6,12-14H2,1H3. The van der Waals surface area contributed by atoms with Crippen LogP contribution < -0.4 is 9.64 Å². The summed E-state index contributed by atoms with van der Waals surface area (Å²) in [5, 5.41) is 13.0. The molecule has 0 radical (unpaired) electrons. The Bertz CT molecular complexity index is 1170. The molecule has 1 saturated heterocycles. The summed E-state index contributed by atoms with van der Waals surface area (Å²) in [6, 6.07) is 12.2. The molecule has 5 heteroatoms. The average molecular weight is 404 g/mol. The number of hydrogen-bond donors (Lipinski definition) is 2. The number of nitrogens with one attached hydrogen (secondary N) is 1. The fraction of sp³-hybridized carbons (Fsp3) is 0.360. The quantitative estimate of drug-likeness (QED) is 0.449. The molecule has 2 N–H and O–H groups in total. The van der Waals surface area contributed by atoms with Crippen molar-refractivity contribution < 1.29 is 9.84 Å². The van der Waals surface area contributed by atoms with Crippen molar-refractivity contribution in [1.29, 1.82) is 0 Å². The molecular formula is C25H29N3O2. The second-order valence-corrected chi connectivity index (χ2v) is 8.25. The Hall–Kier alpha value is -3.08. The fourth-order valence-corrected chi connectivity index (χ4v) is 4.82. The zero-order valence-corrected chi connectivity index (χ0v) is 17.5. The van der Waals surface area contributed by atoms with Crippen LogP contribution in [-0.2, 0) is 13.0 Å². The van der Waals surface area contributed by atoms with Crippen molar-refractivity contribution in [3.63, 3.8) is 0 Å². The van der Waals surface area contributed by atoms with Crippen LogP contribution in [0, 0.1) is 0 Å². The average Bonchev–Trinajstić information content (AvgIpc) is 3.38. The molecule has 5 rings (SSSR count). The molecule has 156 valence electrons. The summed E-state index contributed by atoms with van der Waals surface area (Å²) in [6.45, 7) is 3.01. The Balaban J connectivity index is 1.35. The number of aryl methyl sites for hydroxylation is 2. The molecule has 0 aliphatic carbocycles. The van der Waals surface area contributed by atoms with E-state index < -0.39 is 0 Å². The summed E-state index contributed by atoms with van der Waals surface area (Å²) in [5.41, 5.74) is 4.69. The number of methoxy groups -OCH3 is 1. The van der Waals surface area contributed by atoms with Crippen molar-refractivity contribution in [2.24, 2.45) is 0 Å². The Kier molecular flexibility index (Phi) is 5.03. The number of hydrogen-bond acceptors (Lipinski definition) is 3. The Labute approximate surface area is 176 Å². The van der Waals surface area contributed by atoms with Crippen LogP contribution in [0.5, 0.6) is 11.5 Å². The normalized spacial score (nSPS) is 14.6. The highest BCUT2D eigenvalue weighted by Crippen LogP contribution is 2.37. The molecule has 0 spiro atoms. The lowest BCUT2D eigenvalue weighted by molar-refractivity contribution is 0.415. The Morgan fingerprint density at radius 3 is 2.73 bits per heavy atom. The van der Waals surface area contributed by atoms with E-state index in [-0.39, 0.29) is 0 Å². The van der Waals surface area contributed by atoms with Gasteiger partial charge in [0.25, 0.3) is 0 Å². The zero-order valence-electron chi connectivity index (χ0n) is 17.5. The first kappa shape index (κ1) is 18.9. The number of piperidine rings is 1. The highest BCUT2D eigenvalue weighted by atomic mass is 16.5. The van der Waals surface area contributed by atoms with Gasteiger partial charge in [0.2, 0.25) is 0 Å². The highest BCUT2D eigenvalue weighted by molar-refractivity contribution is 5.96. The van der Waals surface area contributed by atoms with Crippen molar-refractivity contribution in [2.45, 2.75) is 38.6 Å². The van der Waals surface area contributed by atoms with Gasteiger partial charge in [-0.2, -0.15) is 0 Å². The van der Waals surface area contributed by atoms with Crippen LogP contribution in [0.25, 0.3) is 21.8 Å². The van der Waals surface area contributed by atoms with Crippen LogP contribution >= 0.6 is 0 Å². The molecular weight excluding hydrogens is 374 g/mol. The lowest BCUT2D eigenvalue weighted by Gasteiger charge is -2.30. The lowest BCUT2D eigenvalue weighted by atomic mass is 10.1. The maximum atomic E-state index is 10.5. The molecule has 0 unspecified atom stereocenters. The summed E-state index contributed by atoms with van der Waals surface area (Å²) in [6.07, 6.45) is 10.0. The van der Waals surface area contributed by atoms with Gasteiger partial charge in [0.15, 0.2) is 0 Å². The molecule has 5 nitrogen and oxygen atoms in total. The largest absolute Gasteiger partial charge is 0.506 e. The molecule has 0 atom stereocenters. The molecule has 0 saturated carbocycles. The van der Waals surface area contributed by atoms with Gasteiger partial charge in [0.1, 0.15) is 11.5 Å². The minimum Gasteiger partial charge on any atom is -0.506 e. The molecule has 1 aliphatic heterocycles. The van der Waals surface area contributed by atoms with E-state index in [0.717, 1.165) is 54.8 Å². The number of phenols is 1. The molecule has 2 aromatic heterocycles. The van der Waals surface area contributed by atoms with Crippen LogP contribution in [0.2, 0.25) is 0 Å². The second kappa shape index (κ2) is 7.98. The van der Waals surface area contributed by atoms with E-state index in [1.807, 2.05) is 12.1 Å². The predicted molar refractivity (Wildman–Crippen MR) is 123 cm³/mol. The summed E-state index contributed by atoms with van der Waals surface area (Å²) in [4.78, 5) is 5.72. The summed E-state index contributed by atoms with van der Waals surface area (Å²) in [7, 11) is 1.71. The van der Waals surface area contributed by atoms with Gasteiger partial charge in [-0.15, -0.1) is 0 Å². The van der Waals surface area contributed by atoms with Gasteiger partial charge in [-0.25, -0.2) is 0 Å². The number of rotatable bonds is 6. The molecule has 3 heterocycles. The maximum absolute atomic E-state index is 10.5. The number of anilines is 1. The fourth-order valence-electron chi connectivity index (χ4n) is 4.82. The van der Waals surface area contributed by atoms with Gasteiger partial charge >= 0.3 is 0 Å². The van der Waals surface area contributed by atoms with E-state index in [2.05, 4.69) is 51.1 Å². The molecule has 1 aliphatic rings. The van der Waals surface area contributed by atoms with E-state index in [1.54, 1.807) is 7.11 Å². The van der Waals surface area contributed by atoms with E-state index in [0.29, 0.717) is 5.75 Å². The summed E-state index contributed by atoms with van der Waals surface area (Å²) < 4.78 is 7.70. The number of phenolic OH excluding ortho intramolecular Hbond substituents is 1. The number of fused-ring (bicyclic) bond motifs is 2. The van der Waals surface area contributed by atoms with Crippen LogP contribution in [0.15, 0.2) is 48.8 Å². The van der Waals surface area contributed by atoms with Crippen molar-refractivity contribution in [2.75, 3.05) is 25.1 Å². The summed E-state index contributed by atoms with van der Waals surface area (Å²) >= 11 is 0. The van der Waals surface area contributed by atoms with E-state index in [4.69, 9.17) is 4.74 Å². The van der Waals surface area contributed by atoms with Gasteiger partial charge in [-0.05, 0) is 74.1 Å². The van der Waals surface area contributed by atoms with Crippen molar-refractivity contribution in [3.8, 4) is 11.5 Å². The van der Waals surface area contributed by atoms with Crippen LogP contribution in [-0.4, -0.2) is 34.9 Å². The Morgan fingerprint density at radius 2 is 1.90 bits per heavy atom. The SMILES string of the molecule is COc1ccc2[nH]cc(CCCn3ccc4c(N5CCCCC5)c(O)ccc43)c2c1. The predicted octanol–water partition coefficient (Wildman–Crippen LogP) is 5.46. The topological polar surface area (TPSA) is 53.4 Å². The minimum absolute atomic E-state index is 0.398. The Morgan fingerprint density at radius 1 is 1.03 bits per heavy atom. The number of aromatic nitrogens is 2. The van der Waals surface area contributed by atoms with Crippen molar-refractivity contribution >= 4 is 27.5 Å². The van der Waals surface area contributed by atoms with Gasteiger partial charge in [-0.1, -0.05) is 0 Å². The summed E-state index contributed by atoms with van der Waals surface area (Å²) in [5.74, 6) is 1.29. The number of nitrogens with zero attached hydrogens (tertiary/aromatic N) is 2. The van der Waals surface area contributed by atoms with E-state index in [9.17, 15) is 5.11 Å². The number of benzene rings is 2. The molecule has 2 aromatic carbocycles. The molecule has 1 fully saturated rings. The third-order valence-corrected chi connectivity index (χ3v) is 6.40. The smallest absolute Gasteiger partial charge is 0.139 e. The number of H-pyrrole nitrogens is 1. The van der Waals surface area contributed by atoms with E-state index in [1.165, 1.54) is 35.7 Å². The van der Waals surface area contributed by atoms with Crippen LogP contribution in [0.4, 0.5) is 5.69 Å². The van der Waals surface area contributed by atoms with Gasteiger partial charge in [0.05, 0.1) is 18.3 Å². The first-order chi connectivity index (χ1) is 14.7. The third-order valence-electron chi connectivity index (χ3n) is 6.40. The molecule has 0 amide bonds. The third kappa shape index (κ3) is 3.38. The van der Waals surface area contributed by atoms with Crippen LogP contribution in [0.3, 0.4) is 0 Å². The zero-order chi connectivity index (χ0) is 20.5. The van der Waals surface area contributed by atoms with Gasteiger partial charge in [0, 0.05) is 48.3 Å².